The van der Waals surface area contributed by atoms with Crippen molar-refractivity contribution in [3.05, 3.63) is 12.2 Å². The minimum absolute atomic E-state index is 0.00352. The maximum Gasteiger partial charge on any atom is 0.344 e. The van der Waals surface area contributed by atoms with E-state index in [1.54, 1.807) is 0 Å². The van der Waals surface area contributed by atoms with E-state index < -0.39 is 24.5 Å². The molecule has 0 bridgehead atoms. The van der Waals surface area contributed by atoms with Gasteiger partial charge in [-0.25, -0.2) is 9.59 Å². The van der Waals surface area contributed by atoms with Crippen molar-refractivity contribution in [2.24, 2.45) is 11.8 Å². The highest BCUT2D eigenvalue weighted by Crippen LogP contribution is 2.05. The fourth-order valence-electron chi connectivity index (χ4n) is 1.08. The first kappa shape index (κ1) is 19.1. The zero-order valence-corrected chi connectivity index (χ0v) is 13.1. The molecule has 120 valence electrons. The molecule has 0 fully saturated rings. The van der Waals surface area contributed by atoms with Crippen molar-refractivity contribution in [2.45, 2.75) is 34.1 Å². The fourth-order valence-corrected chi connectivity index (χ4v) is 1.08. The summed E-state index contributed by atoms with van der Waals surface area (Å²) in [6.45, 7) is 11.1. The van der Waals surface area contributed by atoms with Crippen molar-refractivity contribution in [2.75, 3.05) is 19.8 Å². The molecule has 0 spiro atoms. The van der Waals surface area contributed by atoms with Crippen LogP contribution < -0.4 is 0 Å². The molecule has 0 atom stereocenters. The highest BCUT2D eigenvalue weighted by molar-refractivity contribution is 5.93. The Morgan fingerprint density at radius 2 is 1.38 bits per heavy atom. The molecule has 0 N–H and O–H groups in total. The number of esters is 3. The molecule has 0 aromatic carbocycles. The minimum Gasteiger partial charge on any atom is -0.463 e. The highest BCUT2D eigenvalue weighted by atomic mass is 16.6. The maximum atomic E-state index is 11.5. The lowest BCUT2D eigenvalue weighted by molar-refractivity contribution is -0.159. The topological polar surface area (TPSA) is 78.9 Å². The molecular weight excluding hydrogens is 276 g/mol. The zero-order chi connectivity index (χ0) is 16.4. The van der Waals surface area contributed by atoms with Gasteiger partial charge in [-0.2, -0.15) is 0 Å². The molecule has 0 radical (unpaired) electrons. The number of hydrogen-bond acceptors (Lipinski definition) is 6. The van der Waals surface area contributed by atoms with Crippen LogP contribution in [0.1, 0.15) is 34.1 Å². The molecule has 0 aromatic heterocycles. The molecule has 0 unspecified atom stereocenters. The van der Waals surface area contributed by atoms with Gasteiger partial charge in [-0.15, -0.1) is 0 Å². The van der Waals surface area contributed by atoms with Crippen LogP contribution >= 0.6 is 0 Å². The quantitative estimate of drug-likeness (QED) is 0.367. The minimum atomic E-state index is -0.719. The summed E-state index contributed by atoms with van der Waals surface area (Å²) < 4.78 is 14.5. The van der Waals surface area contributed by atoms with E-state index in [0.717, 1.165) is 0 Å². The maximum absolute atomic E-state index is 11.5. The summed E-state index contributed by atoms with van der Waals surface area (Å²) in [5.41, 5.74) is -0.00352. The number of carbonyl (C=O) groups excluding carboxylic acids is 3. The summed E-state index contributed by atoms with van der Waals surface area (Å²) in [6, 6.07) is 0. The van der Waals surface area contributed by atoms with E-state index in [0.29, 0.717) is 0 Å². The second kappa shape index (κ2) is 9.96. The lowest BCUT2D eigenvalue weighted by Crippen LogP contribution is -2.20. The summed E-state index contributed by atoms with van der Waals surface area (Å²) >= 11 is 0. The normalized spacial score (nSPS) is 10.4. The standard InChI is InChI=1S/C15H24O6/c1-10(2)7-19-14(17)9-20-13(16)6-12(5)15(18)21-8-11(3)4/h10-11H,5-9H2,1-4H3. The molecule has 0 aliphatic carbocycles. The number of rotatable bonds is 9. The first-order chi connectivity index (χ1) is 9.72. The SMILES string of the molecule is C=C(CC(=O)OCC(=O)OCC(C)C)C(=O)OCC(C)C. The zero-order valence-electron chi connectivity index (χ0n) is 13.1. The lowest BCUT2D eigenvalue weighted by Gasteiger charge is -2.09. The number of hydrogen-bond donors (Lipinski definition) is 0. The van der Waals surface area contributed by atoms with Crippen LogP contribution in [0.3, 0.4) is 0 Å². The van der Waals surface area contributed by atoms with Crippen LogP contribution in [0.5, 0.6) is 0 Å². The predicted molar refractivity (Wildman–Crippen MR) is 76.3 cm³/mol. The van der Waals surface area contributed by atoms with Crippen molar-refractivity contribution in [3.8, 4) is 0 Å². The third kappa shape index (κ3) is 10.6. The summed E-state index contributed by atoms with van der Waals surface area (Å²) in [7, 11) is 0. The van der Waals surface area contributed by atoms with Gasteiger partial charge in [0.25, 0.3) is 0 Å². The van der Waals surface area contributed by atoms with Crippen LogP contribution in [0.25, 0.3) is 0 Å². The summed E-state index contributed by atoms with van der Waals surface area (Å²) in [5, 5.41) is 0. The van der Waals surface area contributed by atoms with Crippen molar-refractivity contribution >= 4 is 17.9 Å². The molecule has 6 heteroatoms. The second-order valence-corrected chi connectivity index (χ2v) is 5.51. The Hall–Kier alpha value is -1.85. The predicted octanol–water partition coefficient (Wildman–Crippen LogP) is 1.87. The van der Waals surface area contributed by atoms with Crippen molar-refractivity contribution in [3.63, 3.8) is 0 Å². The Kier molecular flexibility index (Phi) is 9.08. The van der Waals surface area contributed by atoms with E-state index in [-0.39, 0.29) is 37.0 Å². The van der Waals surface area contributed by atoms with Crippen LogP contribution in [0.4, 0.5) is 0 Å². The molecule has 0 aliphatic rings. The van der Waals surface area contributed by atoms with E-state index in [2.05, 4.69) is 6.58 Å². The van der Waals surface area contributed by atoms with Gasteiger partial charge >= 0.3 is 17.9 Å². The molecule has 0 aromatic rings. The second-order valence-electron chi connectivity index (χ2n) is 5.51. The van der Waals surface area contributed by atoms with E-state index in [1.165, 1.54) is 0 Å². The van der Waals surface area contributed by atoms with Gasteiger partial charge in [0.15, 0.2) is 6.61 Å². The molecule has 6 nitrogen and oxygen atoms in total. The lowest BCUT2D eigenvalue weighted by atomic mass is 10.2. The average molecular weight is 300 g/mol. The van der Waals surface area contributed by atoms with E-state index in [9.17, 15) is 14.4 Å². The van der Waals surface area contributed by atoms with Crippen molar-refractivity contribution in [1.82, 2.24) is 0 Å². The molecule has 0 saturated carbocycles. The Morgan fingerprint density at radius 3 is 1.90 bits per heavy atom. The van der Waals surface area contributed by atoms with Crippen LogP contribution in [-0.2, 0) is 28.6 Å². The Labute approximate surface area is 125 Å². The van der Waals surface area contributed by atoms with Gasteiger partial charge in [-0.3, -0.25) is 4.79 Å². The van der Waals surface area contributed by atoms with Gasteiger partial charge in [0.1, 0.15) is 0 Å². The van der Waals surface area contributed by atoms with Gasteiger partial charge in [-0.1, -0.05) is 34.3 Å². The van der Waals surface area contributed by atoms with Gasteiger partial charge < -0.3 is 14.2 Å². The molecule has 0 heterocycles. The third-order valence-electron chi connectivity index (χ3n) is 2.12. The van der Waals surface area contributed by atoms with Gasteiger partial charge in [0, 0.05) is 5.57 Å². The van der Waals surface area contributed by atoms with Crippen LogP contribution in [-0.4, -0.2) is 37.7 Å². The Balaban J connectivity index is 3.95. The van der Waals surface area contributed by atoms with Gasteiger partial charge in [-0.05, 0) is 11.8 Å². The molecule has 21 heavy (non-hydrogen) atoms. The molecule has 0 amide bonds. The summed E-state index contributed by atoms with van der Waals surface area (Å²) in [6.07, 6.45) is -0.311. The first-order valence-corrected chi connectivity index (χ1v) is 6.88. The number of ether oxygens (including phenoxy) is 3. The summed E-state index contributed by atoms with van der Waals surface area (Å²) in [5.74, 6) is -1.57. The molecule has 0 saturated heterocycles. The smallest absolute Gasteiger partial charge is 0.344 e. The van der Waals surface area contributed by atoms with Crippen molar-refractivity contribution in [1.29, 1.82) is 0 Å². The van der Waals surface area contributed by atoms with Crippen LogP contribution in [0, 0.1) is 11.8 Å². The van der Waals surface area contributed by atoms with Gasteiger partial charge in [0.2, 0.25) is 0 Å². The van der Waals surface area contributed by atoms with E-state index >= 15 is 0 Å². The Bertz CT molecular complexity index is 384. The van der Waals surface area contributed by atoms with Gasteiger partial charge in [0.05, 0.1) is 19.6 Å². The largest absolute Gasteiger partial charge is 0.463 e. The van der Waals surface area contributed by atoms with Crippen LogP contribution in [0.2, 0.25) is 0 Å². The first-order valence-electron chi connectivity index (χ1n) is 6.88. The number of carbonyl (C=O) groups is 3. The Morgan fingerprint density at radius 1 is 0.857 bits per heavy atom. The highest BCUT2D eigenvalue weighted by Gasteiger charge is 2.16. The third-order valence-corrected chi connectivity index (χ3v) is 2.12. The molecular formula is C15H24O6. The average Bonchev–Trinajstić information content (AvgIpc) is 2.39. The summed E-state index contributed by atoms with van der Waals surface area (Å²) in [4.78, 5) is 34.2. The van der Waals surface area contributed by atoms with E-state index in [1.807, 2.05) is 27.7 Å². The molecule has 0 rings (SSSR count). The van der Waals surface area contributed by atoms with Crippen LogP contribution in [0.15, 0.2) is 12.2 Å². The fraction of sp³-hybridized carbons (Fsp3) is 0.667. The monoisotopic (exact) mass is 300 g/mol. The van der Waals surface area contributed by atoms with E-state index in [4.69, 9.17) is 14.2 Å². The van der Waals surface area contributed by atoms with Crippen molar-refractivity contribution < 1.29 is 28.6 Å². The molecule has 0 aliphatic heterocycles.